The van der Waals surface area contributed by atoms with E-state index >= 15 is 0 Å². The lowest BCUT2D eigenvalue weighted by molar-refractivity contribution is 0.0950. The van der Waals surface area contributed by atoms with Crippen LogP contribution in [0.3, 0.4) is 0 Å². The number of amides is 3. The summed E-state index contributed by atoms with van der Waals surface area (Å²) in [6.45, 7) is 1.12. The third kappa shape index (κ3) is 4.68. The number of rotatable bonds is 5. The van der Waals surface area contributed by atoms with Gasteiger partial charge >= 0.3 is 6.03 Å². The van der Waals surface area contributed by atoms with Crippen molar-refractivity contribution in [3.8, 4) is 0 Å². The summed E-state index contributed by atoms with van der Waals surface area (Å²) in [5.74, 6) is -4.56. The Balaban J connectivity index is 1.65. The van der Waals surface area contributed by atoms with E-state index < -0.39 is 47.3 Å². The fourth-order valence-electron chi connectivity index (χ4n) is 3.95. The van der Waals surface area contributed by atoms with Gasteiger partial charge in [-0.1, -0.05) is 23.7 Å². The van der Waals surface area contributed by atoms with Gasteiger partial charge in [0.25, 0.3) is 5.91 Å². The highest BCUT2D eigenvalue weighted by molar-refractivity contribution is 6.31. The molecule has 5 nitrogen and oxygen atoms in total. The molecule has 0 saturated carbocycles. The molecule has 0 unspecified atom stereocenters. The molecule has 1 heterocycles. The predicted octanol–water partition coefficient (Wildman–Crippen LogP) is 5.96. The van der Waals surface area contributed by atoms with Crippen molar-refractivity contribution in [3.05, 3.63) is 99.1 Å². The number of nitrogens with zero attached hydrogens (tertiary/aromatic N) is 2. The zero-order chi connectivity index (χ0) is 25.4. The zero-order valence-electron chi connectivity index (χ0n) is 18.7. The molecule has 0 aliphatic carbocycles. The van der Waals surface area contributed by atoms with Crippen molar-refractivity contribution in [2.45, 2.75) is 26.1 Å². The number of urea groups is 1. The molecule has 0 aromatic heterocycles. The molecular formula is C25H20ClF4N3O2. The molecule has 4 rings (SSSR count). The van der Waals surface area contributed by atoms with Crippen LogP contribution in [-0.4, -0.2) is 23.9 Å². The second kappa shape index (κ2) is 9.58. The summed E-state index contributed by atoms with van der Waals surface area (Å²) in [6, 6.07) is 9.14. The van der Waals surface area contributed by atoms with Crippen LogP contribution >= 0.6 is 11.6 Å². The Morgan fingerprint density at radius 1 is 1.00 bits per heavy atom. The molecule has 10 heteroatoms. The molecule has 1 aliphatic heterocycles. The van der Waals surface area contributed by atoms with Gasteiger partial charge in [0, 0.05) is 47.4 Å². The van der Waals surface area contributed by atoms with Crippen LogP contribution in [0.15, 0.2) is 48.5 Å². The van der Waals surface area contributed by atoms with Crippen molar-refractivity contribution in [1.29, 1.82) is 0 Å². The smallest absolute Gasteiger partial charge is 0.325 e. The fourth-order valence-corrected chi connectivity index (χ4v) is 4.17. The Bertz CT molecular complexity index is 1290. The van der Waals surface area contributed by atoms with Gasteiger partial charge in [-0.3, -0.25) is 9.69 Å². The van der Waals surface area contributed by atoms with Gasteiger partial charge in [0.2, 0.25) is 0 Å². The quantitative estimate of drug-likeness (QED) is 0.435. The molecule has 1 aliphatic rings. The molecule has 3 amide bonds. The number of halogens is 5. The second-order valence-corrected chi connectivity index (χ2v) is 8.57. The molecule has 0 saturated heterocycles. The third-order valence-corrected chi connectivity index (χ3v) is 6.41. The van der Waals surface area contributed by atoms with Crippen LogP contribution in [0.1, 0.15) is 40.0 Å². The van der Waals surface area contributed by atoms with Crippen molar-refractivity contribution < 1.29 is 27.2 Å². The van der Waals surface area contributed by atoms with Crippen molar-refractivity contribution in [2.75, 3.05) is 11.9 Å². The van der Waals surface area contributed by atoms with E-state index in [4.69, 9.17) is 11.6 Å². The van der Waals surface area contributed by atoms with Gasteiger partial charge in [0.05, 0.1) is 18.3 Å². The van der Waals surface area contributed by atoms with Crippen LogP contribution in [0.25, 0.3) is 0 Å². The number of hydrogen-bond donors (Lipinski definition) is 1. The molecule has 35 heavy (non-hydrogen) atoms. The highest BCUT2D eigenvalue weighted by Gasteiger charge is 2.34. The summed E-state index contributed by atoms with van der Waals surface area (Å²) in [4.78, 5) is 28.7. The van der Waals surface area contributed by atoms with E-state index in [1.807, 2.05) is 6.92 Å². The van der Waals surface area contributed by atoms with Crippen LogP contribution in [0.4, 0.5) is 28.0 Å². The average molecular weight is 506 g/mol. The van der Waals surface area contributed by atoms with E-state index in [9.17, 15) is 27.2 Å². The largest absolute Gasteiger partial charge is 0.348 e. The molecule has 1 atom stereocenters. The van der Waals surface area contributed by atoms with Gasteiger partial charge in [0.15, 0.2) is 0 Å². The summed E-state index contributed by atoms with van der Waals surface area (Å²) < 4.78 is 55.4. The van der Waals surface area contributed by atoms with E-state index in [0.29, 0.717) is 23.4 Å². The molecule has 0 bridgehead atoms. The van der Waals surface area contributed by atoms with Gasteiger partial charge in [-0.05, 0) is 36.8 Å². The van der Waals surface area contributed by atoms with Crippen LogP contribution in [0.5, 0.6) is 0 Å². The molecule has 0 spiro atoms. The zero-order valence-corrected chi connectivity index (χ0v) is 19.5. The van der Waals surface area contributed by atoms with Crippen LogP contribution in [0, 0.1) is 23.3 Å². The maximum atomic E-state index is 14.5. The van der Waals surface area contributed by atoms with Gasteiger partial charge < -0.3 is 10.2 Å². The number of benzene rings is 3. The van der Waals surface area contributed by atoms with E-state index in [1.54, 1.807) is 13.1 Å². The first-order valence-electron chi connectivity index (χ1n) is 10.6. The van der Waals surface area contributed by atoms with Gasteiger partial charge in [0.1, 0.15) is 23.3 Å². The normalized spacial score (nSPS) is 15.3. The molecule has 0 fully saturated rings. The minimum Gasteiger partial charge on any atom is -0.348 e. The maximum Gasteiger partial charge on any atom is 0.325 e. The lowest BCUT2D eigenvalue weighted by atomic mass is 9.98. The Labute approximate surface area is 203 Å². The SMILES string of the molecule is C[C@H]1c2ccc(C(=O)NCc3c(F)cc(F)cc3F)cc2N(Cc2c(F)cccc2Cl)C(=O)N1C. The van der Waals surface area contributed by atoms with Gasteiger partial charge in [-0.2, -0.15) is 0 Å². The predicted molar refractivity (Wildman–Crippen MR) is 123 cm³/mol. The highest BCUT2D eigenvalue weighted by Crippen LogP contribution is 2.38. The van der Waals surface area contributed by atoms with E-state index in [0.717, 1.165) is 0 Å². The van der Waals surface area contributed by atoms with Crippen molar-refractivity contribution >= 4 is 29.2 Å². The van der Waals surface area contributed by atoms with E-state index in [2.05, 4.69) is 5.32 Å². The summed E-state index contributed by atoms with van der Waals surface area (Å²) in [7, 11) is 1.61. The van der Waals surface area contributed by atoms with Crippen LogP contribution in [-0.2, 0) is 13.1 Å². The summed E-state index contributed by atoms with van der Waals surface area (Å²) in [5, 5.41) is 2.55. The van der Waals surface area contributed by atoms with Crippen molar-refractivity contribution in [2.24, 2.45) is 0 Å². The molecule has 0 radical (unpaired) electrons. The Morgan fingerprint density at radius 3 is 2.34 bits per heavy atom. The lowest BCUT2D eigenvalue weighted by Crippen LogP contribution is -2.46. The van der Waals surface area contributed by atoms with Gasteiger partial charge in [-0.25, -0.2) is 22.4 Å². The summed E-state index contributed by atoms with van der Waals surface area (Å²) >= 11 is 6.16. The first kappa shape index (κ1) is 24.5. The fraction of sp³-hybridized carbons (Fsp3) is 0.200. The van der Waals surface area contributed by atoms with E-state index in [-0.39, 0.29) is 28.7 Å². The summed E-state index contributed by atoms with van der Waals surface area (Å²) in [5.41, 5.74) is 0.840. The molecule has 3 aromatic carbocycles. The van der Waals surface area contributed by atoms with Gasteiger partial charge in [-0.15, -0.1) is 0 Å². The topological polar surface area (TPSA) is 52.7 Å². The molecule has 3 aromatic rings. The monoisotopic (exact) mass is 505 g/mol. The van der Waals surface area contributed by atoms with Crippen LogP contribution < -0.4 is 10.2 Å². The Hall–Kier alpha value is -3.59. The van der Waals surface area contributed by atoms with E-state index in [1.165, 1.54) is 40.1 Å². The average Bonchev–Trinajstić information content (AvgIpc) is 2.80. The first-order chi connectivity index (χ1) is 16.6. The Kier molecular flexibility index (Phi) is 6.71. The number of carbonyl (C=O) groups excluding carboxylic acids is 2. The second-order valence-electron chi connectivity index (χ2n) is 8.16. The lowest BCUT2D eigenvalue weighted by Gasteiger charge is -2.39. The minimum absolute atomic E-state index is 0.112. The van der Waals surface area contributed by atoms with Crippen molar-refractivity contribution in [3.63, 3.8) is 0 Å². The number of nitrogens with one attached hydrogen (secondary N) is 1. The minimum atomic E-state index is -1.12. The number of hydrogen-bond acceptors (Lipinski definition) is 2. The first-order valence-corrected chi connectivity index (χ1v) is 11.0. The molecular weight excluding hydrogens is 486 g/mol. The third-order valence-electron chi connectivity index (χ3n) is 6.06. The maximum absolute atomic E-state index is 14.5. The number of anilines is 1. The molecule has 1 N–H and O–H groups in total. The standard InChI is InChI=1S/C25H20ClF4N3O2/c1-13-16-7-6-14(24(34)31-11-17-21(29)9-15(27)10-22(17)30)8-23(16)33(25(35)32(13)2)12-18-19(26)4-3-5-20(18)28/h3-10,13H,11-12H2,1-2H3,(H,31,34)/t13-/m0/s1. The number of fused-ring (bicyclic) bond motifs is 1. The Morgan fingerprint density at radius 2 is 1.69 bits per heavy atom. The van der Waals surface area contributed by atoms with Crippen LogP contribution in [0.2, 0.25) is 5.02 Å². The van der Waals surface area contributed by atoms with Crippen molar-refractivity contribution in [1.82, 2.24) is 10.2 Å². The molecule has 182 valence electrons. The highest BCUT2D eigenvalue weighted by atomic mass is 35.5. The summed E-state index contributed by atoms with van der Waals surface area (Å²) in [6.07, 6.45) is 0. The number of carbonyl (C=O) groups is 2.